The first-order valence-electron chi connectivity index (χ1n) is 11.8. The highest BCUT2D eigenvalue weighted by atomic mass is 19.1. The van der Waals surface area contributed by atoms with Crippen LogP contribution in [0.15, 0.2) is 36.4 Å². The molecular weight excluding hydrogens is 463 g/mol. The highest BCUT2D eigenvalue weighted by Crippen LogP contribution is 2.54. The fourth-order valence-corrected chi connectivity index (χ4v) is 5.25. The Labute approximate surface area is 206 Å². The molecule has 3 N–H and O–H groups in total. The SMILES string of the molecule is CN(C)C(=N)c1ccc(N2CC3(CC3)c3c(C(N)=O)nn(-c4ccc5c(c4)CCO5)c3C2=O)c(F)c1. The van der Waals surface area contributed by atoms with Gasteiger partial charge >= 0.3 is 0 Å². The number of rotatable bonds is 4. The van der Waals surface area contributed by atoms with Gasteiger partial charge in [-0.3, -0.25) is 15.0 Å². The third-order valence-electron chi connectivity index (χ3n) is 7.29. The van der Waals surface area contributed by atoms with Crippen molar-refractivity contribution in [2.24, 2.45) is 5.73 Å². The van der Waals surface area contributed by atoms with Crippen LogP contribution in [0, 0.1) is 11.2 Å². The fourth-order valence-electron chi connectivity index (χ4n) is 5.25. The highest BCUT2D eigenvalue weighted by molar-refractivity contribution is 6.11. The molecular formula is C26H25FN6O3. The number of benzene rings is 2. The number of amides is 2. The van der Waals surface area contributed by atoms with Gasteiger partial charge in [0.05, 0.1) is 18.0 Å². The number of anilines is 1. The Bertz CT molecular complexity index is 1470. The van der Waals surface area contributed by atoms with Crippen molar-refractivity contribution >= 4 is 23.3 Å². The van der Waals surface area contributed by atoms with Gasteiger partial charge in [0.2, 0.25) is 0 Å². The number of hydrogen-bond donors (Lipinski definition) is 2. The molecule has 1 spiro atoms. The van der Waals surface area contributed by atoms with Gasteiger partial charge in [0, 0.05) is 43.6 Å². The first-order chi connectivity index (χ1) is 17.2. The molecule has 3 heterocycles. The molecule has 9 nitrogen and oxygen atoms in total. The zero-order valence-electron chi connectivity index (χ0n) is 20.0. The molecule has 36 heavy (non-hydrogen) atoms. The quantitative estimate of drug-likeness (QED) is 0.433. The number of nitrogens with one attached hydrogen (secondary N) is 1. The molecule has 184 valence electrons. The Morgan fingerprint density at radius 3 is 2.67 bits per heavy atom. The predicted molar refractivity (Wildman–Crippen MR) is 131 cm³/mol. The Morgan fingerprint density at radius 2 is 2.00 bits per heavy atom. The maximum Gasteiger partial charge on any atom is 0.277 e. The van der Waals surface area contributed by atoms with E-state index < -0.39 is 23.0 Å². The van der Waals surface area contributed by atoms with Crippen LogP contribution in [0.4, 0.5) is 10.1 Å². The number of primary amides is 1. The molecule has 10 heteroatoms. The number of amidine groups is 1. The van der Waals surface area contributed by atoms with E-state index in [0.29, 0.717) is 23.4 Å². The first-order valence-corrected chi connectivity index (χ1v) is 11.8. The van der Waals surface area contributed by atoms with Crippen molar-refractivity contribution in [3.05, 3.63) is 70.3 Å². The molecule has 1 fully saturated rings. The van der Waals surface area contributed by atoms with Crippen LogP contribution in [-0.4, -0.2) is 59.6 Å². The number of fused-ring (bicyclic) bond motifs is 3. The average Bonchev–Trinajstić information content (AvgIpc) is 3.27. The number of nitrogens with two attached hydrogens (primary N) is 1. The Balaban J connectivity index is 1.49. The van der Waals surface area contributed by atoms with Crippen LogP contribution in [-0.2, 0) is 11.8 Å². The van der Waals surface area contributed by atoms with Crippen molar-refractivity contribution in [1.29, 1.82) is 5.41 Å². The number of aromatic nitrogens is 2. The van der Waals surface area contributed by atoms with E-state index in [-0.39, 0.29) is 29.5 Å². The molecule has 0 bridgehead atoms. The molecule has 2 aliphatic heterocycles. The Morgan fingerprint density at radius 1 is 1.22 bits per heavy atom. The lowest BCUT2D eigenvalue weighted by molar-refractivity contribution is 0.0965. The van der Waals surface area contributed by atoms with E-state index in [4.69, 9.17) is 15.9 Å². The van der Waals surface area contributed by atoms with Crippen molar-refractivity contribution < 1.29 is 18.7 Å². The summed E-state index contributed by atoms with van der Waals surface area (Å²) in [4.78, 5) is 29.4. The van der Waals surface area contributed by atoms with Gasteiger partial charge in [0.25, 0.3) is 11.8 Å². The zero-order valence-corrected chi connectivity index (χ0v) is 20.0. The van der Waals surface area contributed by atoms with Gasteiger partial charge in [-0.25, -0.2) is 9.07 Å². The number of carbonyl (C=O) groups excluding carboxylic acids is 2. The molecule has 1 aromatic heterocycles. The van der Waals surface area contributed by atoms with E-state index in [1.807, 2.05) is 12.1 Å². The van der Waals surface area contributed by atoms with Crippen LogP contribution in [0.3, 0.4) is 0 Å². The monoisotopic (exact) mass is 488 g/mol. The second kappa shape index (κ2) is 7.64. The van der Waals surface area contributed by atoms with Crippen molar-refractivity contribution in [3.63, 3.8) is 0 Å². The topological polar surface area (TPSA) is 118 Å². The summed E-state index contributed by atoms with van der Waals surface area (Å²) in [5.41, 5.74) is 8.22. The number of nitrogens with zero attached hydrogens (tertiary/aromatic N) is 4. The summed E-state index contributed by atoms with van der Waals surface area (Å²) in [5, 5.41) is 12.6. The minimum absolute atomic E-state index is 0.0856. The van der Waals surface area contributed by atoms with E-state index in [0.717, 1.165) is 30.6 Å². The van der Waals surface area contributed by atoms with Crippen LogP contribution in [0.5, 0.6) is 5.75 Å². The summed E-state index contributed by atoms with van der Waals surface area (Å²) in [6.45, 7) is 0.809. The smallest absolute Gasteiger partial charge is 0.277 e. The van der Waals surface area contributed by atoms with Crippen molar-refractivity contribution in [2.45, 2.75) is 24.7 Å². The third kappa shape index (κ3) is 3.20. The van der Waals surface area contributed by atoms with Crippen molar-refractivity contribution in [3.8, 4) is 11.4 Å². The third-order valence-corrected chi connectivity index (χ3v) is 7.29. The molecule has 0 unspecified atom stereocenters. The molecule has 0 radical (unpaired) electrons. The van der Waals surface area contributed by atoms with E-state index in [1.54, 1.807) is 31.1 Å². The lowest BCUT2D eigenvalue weighted by atomic mass is 9.88. The molecule has 3 aromatic rings. The molecule has 1 aliphatic carbocycles. The lowest BCUT2D eigenvalue weighted by Gasteiger charge is -2.34. The first kappa shape index (κ1) is 22.3. The van der Waals surface area contributed by atoms with E-state index >= 15 is 4.39 Å². The molecule has 0 saturated heterocycles. The van der Waals surface area contributed by atoms with Gasteiger partial charge < -0.3 is 20.3 Å². The number of ether oxygens (including phenoxy) is 1. The summed E-state index contributed by atoms with van der Waals surface area (Å²) < 4.78 is 22.4. The minimum Gasteiger partial charge on any atom is -0.493 e. The molecule has 2 amide bonds. The zero-order chi connectivity index (χ0) is 25.4. The van der Waals surface area contributed by atoms with Crippen LogP contribution in [0.1, 0.15) is 50.5 Å². The number of halogens is 1. The van der Waals surface area contributed by atoms with Crippen LogP contribution >= 0.6 is 0 Å². The minimum atomic E-state index is -0.695. The average molecular weight is 489 g/mol. The van der Waals surface area contributed by atoms with Gasteiger partial charge in [0.1, 0.15) is 23.1 Å². The Kier molecular flexibility index (Phi) is 4.73. The summed E-state index contributed by atoms with van der Waals surface area (Å²) in [6.07, 6.45) is 2.20. The van der Waals surface area contributed by atoms with Crippen LogP contribution in [0.25, 0.3) is 5.69 Å². The van der Waals surface area contributed by atoms with E-state index in [9.17, 15) is 9.59 Å². The maximum atomic E-state index is 15.4. The van der Waals surface area contributed by atoms with Gasteiger partial charge in [-0.2, -0.15) is 5.10 Å². The van der Waals surface area contributed by atoms with Crippen LogP contribution in [0.2, 0.25) is 0 Å². The van der Waals surface area contributed by atoms with Gasteiger partial charge in [-0.1, -0.05) is 0 Å². The second-order valence-electron chi connectivity index (χ2n) is 9.82. The molecule has 3 aliphatic rings. The number of hydrogen-bond acceptors (Lipinski definition) is 5. The van der Waals surface area contributed by atoms with Gasteiger partial charge in [-0.15, -0.1) is 0 Å². The van der Waals surface area contributed by atoms with E-state index in [2.05, 4.69) is 5.10 Å². The summed E-state index contributed by atoms with van der Waals surface area (Å²) >= 11 is 0. The van der Waals surface area contributed by atoms with Crippen molar-refractivity contribution in [1.82, 2.24) is 14.7 Å². The fraction of sp³-hybridized carbons (Fsp3) is 0.308. The maximum absolute atomic E-state index is 15.4. The van der Waals surface area contributed by atoms with Gasteiger partial charge in [-0.05, 0) is 54.8 Å². The normalized spacial score (nSPS) is 17.0. The van der Waals surface area contributed by atoms with Crippen molar-refractivity contribution in [2.75, 3.05) is 32.1 Å². The van der Waals surface area contributed by atoms with Gasteiger partial charge in [0.15, 0.2) is 5.69 Å². The lowest BCUT2D eigenvalue weighted by Crippen LogP contribution is -2.45. The summed E-state index contributed by atoms with van der Waals surface area (Å²) in [5.74, 6) is -0.793. The second-order valence-corrected chi connectivity index (χ2v) is 9.82. The standard InChI is InChI=1S/C26H25FN6O3/c1-31(2)23(28)15-3-5-18(17(27)12-15)32-13-26(8-9-26)20-21(24(29)34)30-33(22(20)25(32)35)16-4-6-19-14(11-16)7-10-36-19/h3-6,11-12,28H,7-10,13H2,1-2H3,(H2,29,34). The summed E-state index contributed by atoms with van der Waals surface area (Å²) in [7, 11) is 3.42. The summed E-state index contributed by atoms with van der Waals surface area (Å²) in [6, 6.07) is 9.95. The molecule has 1 saturated carbocycles. The molecule has 2 aromatic carbocycles. The van der Waals surface area contributed by atoms with E-state index in [1.165, 1.54) is 21.7 Å². The van der Waals surface area contributed by atoms with Crippen LogP contribution < -0.4 is 15.4 Å². The number of carbonyl (C=O) groups is 2. The predicted octanol–water partition coefficient (Wildman–Crippen LogP) is 2.62. The molecule has 0 atom stereocenters. The molecule has 6 rings (SSSR count). The largest absolute Gasteiger partial charge is 0.493 e. The highest BCUT2D eigenvalue weighted by Gasteiger charge is 2.56. The Hall–Kier alpha value is -4.21.